The molecule has 0 atom stereocenters. The number of anilines is 2. The van der Waals surface area contributed by atoms with Crippen LogP contribution < -0.4 is 21.3 Å². The van der Waals surface area contributed by atoms with Gasteiger partial charge in [-0.1, -0.05) is 6.07 Å². The number of carbonyl (C=O) groups is 2. The molecular formula is C26H26N6O5S. The van der Waals surface area contributed by atoms with Crippen molar-refractivity contribution in [1.82, 2.24) is 14.9 Å². The molecule has 0 spiro atoms. The number of nitrogens with one attached hydrogen (secondary N) is 2. The number of fused-ring (bicyclic) bond motifs is 1. The average Bonchev–Trinajstić information content (AvgIpc) is 2.91. The number of hydrogen-bond donors (Lipinski definition) is 3. The topological polar surface area (TPSA) is 157 Å². The number of rotatable bonds is 8. The molecule has 2 amide bonds. The van der Waals surface area contributed by atoms with Crippen LogP contribution in [0.15, 0.2) is 70.8 Å². The molecule has 0 saturated carbocycles. The summed E-state index contributed by atoms with van der Waals surface area (Å²) < 4.78 is 32.5. The first-order valence-corrected chi connectivity index (χ1v) is 12.8. The molecule has 11 nitrogen and oxygen atoms in total. The van der Waals surface area contributed by atoms with E-state index in [9.17, 15) is 18.0 Å². The predicted octanol–water partition coefficient (Wildman–Crippen LogP) is 3.02. The van der Waals surface area contributed by atoms with Crippen molar-refractivity contribution < 1.29 is 22.7 Å². The molecule has 0 aliphatic rings. The van der Waals surface area contributed by atoms with Crippen molar-refractivity contribution in [2.24, 2.45) is 5.73 Å². The van der Waals surface area contributed by atoms with E-state index in [-0.39, 0.29) is 32.5 Å². The van der Waals surface area contributed by atoms with Crippen LogP contribution in [0.1, 0.15) is 26.3 Å². The number of aryl methyl sites for hydroxylation is 1. The first-order chi connectivity index (χ1) is 18.0. The third-order valence-electron chi connectivity index (χ3n) is 5.79. The zero-order valence-corrected chi connectivity index (χ0v) is 22.0. The molecule has 0 aliphatic carbocycles. The van der Waals surface area contributed by atoms with Crippen LogP contribution in [-0.2, 0) is 9.84 Å². The summed E-state index contributed by atoms with van der Waals surface area (Å²) in [5.74, 6) is -0.520. The summed E-state index contributed by atoms with van der Waals surface area (Å²) in [6.45, 7) is 1.71. The molecule has 196 valence electrons. The van der Waals surface area contributed by atoms with Crippen molar-refractivity contribution in [3.8, 4) is 5.75 Å². The highest BCUT2D eigenvalue weighted by Gasteiger charge is 2.24. The van der Waals surface area contributed by atoms with Crippen LogP contribution in [-0.4, -0.2) is 56.3 Å². The van der Waals surface area contributed by atoms with Crippen molar-refractivity contribution in [3.63, 3.8) is 0 Å². The molecule has 4 N–H and O–H groups in total. The lowest BCUT2D eigenvalue weighted by Crippen LogP contribution is -2.22. The number of carbonyl (C=O) groups excluding carboxylic acids is 2. The summed E-state index contributed by atoms with van der Waals surface area (Å²) in [6.07, 6.45) is 3.83. The van der Waals surface area contributed by atoms with E-state index in [0.717, 1.165) is 0 Å². The van der Waals surface area contributed by atoms with Crippen LogP contribution in [0, 0.1) is 6.92 Å². The van der Waals surface area contributed by atoms with Gasteiger partial charge in [-0.25, -0.2) is 8.42 Å². The van der Waals surface area contributed by atoms with Crippen molar-refractivity contribution >= 4 is 43.9 Å². The molecule has 2 aromatic heterocycles. The Morgan fingerprint density at radius 3 is 2.45 bits per heavy atom. The van der Waals surface area contributed by atoms with Crippen molar-refractivity contribution in [2.75, 3.05) is 32.1 Å². The molecule has 4 rings (SSSR count). The van der Waals surface area contributed by atoms with Gasteiger partial charge in [0.15, 0.2) is 0 Å². The zero-order chi connectivity index (χ0) is 27.6. The number of nitrogens with two attached hydrogens (primary N) is 1. The molecule has 0 fully saturated rings. The van der Waals surface area contributed by atoms with E-state index in [1.165, 1.54) is 41.7 Å². The Hall–Kier alpha value is -4.71. The molecule has 0 unspecified atom stereocenters. The minimum Gasteiger partial charge on any atom is -0.497 e. The molecule has 0 aliphatic heterocycles. The Labute approximate surface area is 219 Å². The van der Waals surface area contributed by atoms with Gasteiger partial charge in [-0.05, 0) is 42.8 Å². The number of benzene rings is 2. The number of hydrazine groups is 1. The summed E-state index contributed by atoms with van der Waals surface area (Å²) in [6, 6.07) is 11.2. The van der Waals surface area contributed by atoms with Crippen LogP contribution >= 0.6 is 0 Å². The second-order valence-corrected chi connectivity index (χ2v) is 10.6. The van der Waals surface area contributed by atoms with Gasteiger partial charge in [-0.3, -0.25) is 25.0 Å². The van der Waals surface area contributed by atoms with E-state index >= 15 is 0 Å². The van der Waals surface area contributed by atoms with E-state index in [4.69, 9.17) is 10.5 Å². The van der Waals surface area contributed by atoms with Gasteiger partial charge in [-0.2, -0.15) is 0 Å². The number of hydrogen-bond acceptors (Lipinski definition) is 9. The van der Waals surface area contributed by atoms with Crippen molar-refractivity contribution in [2.45, 2.75) is 16.7 Å². The summed E-state index contributed by atoms with van der Waals surface area (Å²) in [4.78, 5) is 34.1. The third kappa shape index (κ3) is 5.06. The normalized spacial score (nSPS) is 11.2. The van der Waals surface area contributed by atoms with Crippen LogP contribution in [0.2, 0.25) is 0 Å². The monoisotopic (exact) mass is 534 g/mol. The van der Waals surface area contributed by atoms with Gasteiger partial charge in [0, 0.05) is 44.1 Å². The largest absolute Gasteiger partial charge is 0.497 e. The molecule has 12 heteroatoms. The number of methoxy groups -OCH3 is 1. The third-order valence-corrected chi connectivity index (χ3v) is 7.49. The molecule has 4 aromatic rings. The number of aromatic nitrogens is 2. The number of sulfone groups is 1. The van der Waals surface area contributed by atoms with Crippen molar-refractivity contribution in [1.29, 1.82) is 0 Å². The predicted molar refractivity (Wildman–Crippen MR) is 143 cm³/mol. The number of ether oxygens (including phenoxy) is 1. The first kappa shape index (κ1) is 26.4. The lowest BCUT2D eigenvalue weighted by atomic mass is 10.1. The number of pyridine rings is 2. The molecule has 0 radical (unpaired) electrons. The molecule has 38 heavy (non-hydrogen) atoms. The van der Waals surface area contributed by atoms with Crippen LogP contribution in [0.5, 0.6) is 5.75 Å². The Balaban J connectivity index is 1.85. The summed E-state index contributed by atoms with van der Waals surface area (Å²) >= 11 is 0. The number of amides is 2. The average molecular weight is 535 g/mol. The molecule has 0 bridgehead atoms. The lowest BCUT2D eigenvalue weighted by molar-refractivity contribution is 0.0826. The highest BCUT2D eigenvalue weighted by atomic mass is 32.2. The highest BCUT2D eigenvalue weighted by Crippen LogP contribution is 2.33. The number of nitrogens with zero attached hydrogens (tertiary/aromatic N) is 3. The molecular weight excluding hydrogens is 508 g/mol. The summed E-state index contributed by atoms with van der Waals surface area (Å²) in [5.41, 5.74) is 13.7. The van der Waals surface area contributed by atoms with Crippen LogP contribution in [0.25, 0.3) is 10.9 Å². The van der Waals surface area contributed by atoms with Gasteiger partial charge >= 0.3 is 0 Å². The van der Waals surface area contributed by atoms with Crippen LogP contribution in [0.4, 0.5) is 11.4 Å². The summed E-state index contributed by atoms with van der Waals surface area (Å²) in [5, 5.41) is 0.351. The van der Waals surface area contributed by atoms with Crippen molar-refractivity contribution in [3.05, 3.63) is 77.7 Å². The quantitative estimate of drug-likeness (QED) is 0.289. The Morgan fingerprint density at radius 2 is 1.76 bits per heavy atom. The van der Waals surface area contributed by atoms with E-state index in [1.54, 1.807) is 52.4 Å². The summed E-state index contributed by atoms with van der Waals surface area (Å²) in [7, 11) is 0.566. The van der Waals surface area contributed by atoms with E-state index in [1.807, 2.05) is 0 Å². The minimum atomic E-state index is -4.10. The second-order valence-electron chi connectivity index (χ2n) is 8.64. The van der Waals surface area contributed by atoms with Gasteiger partial charge < -0.3 is 20.8 Å². The highest BCUT2D eigenvalue weighted by molar-refractivity contribution is 7.91. The van der Waals surface area contributed by atoms with Gasteiger partial charge in [-0.15, -0.1) is 0 Å². The number of primary amides is 1. The van der Waals surface area contributed by atoms with Gasteiger partial charge in [0.2, 0.25) is 9.84 Å². The maximum atomic E-state index is 13.6. The maximum Gasteiger partial charge on any atom is 0.254 e. The molecule has 2 aromatic carbocycles. The second kappa shape index (κ2) is 10.3. The van der Waals surface area contributed by atoms with Gasteiger partial charge in [0.1, 0.15) is 5.75 Å². The minimum absolute atomic E-state index is 0.0575. The maximum absolute atomic E-state index is 13.6. The SMILES string of the molecule is COc1cccc(NNc2c(C(N)=O)cnc3c(C)cc(S(=O)(=O)c4cncc(C(=O)N(C)C)c4)cc23)c1. The first-order valence-electron chi connectivity index (χ1n) is 11.3. The smallest absolute Gasteiger partial charge is 0.254 e. The fourth-order valence-electron chi connectivity index (χ4n) is 3.84. The fraction of sp³-hybridized carbons (Fsp3) is 0.154. The van der Waals surface area contributed by atoms with E-state index < -0.39 is 15.7 Å². The Bertz CT molecular complexity index is 1670. The lowest BCUT2D eigenvalue weighted by Gasteiger charge is -2.17. The zero-order valence-electron chi connectivity index (χ0n) is 21.1. The van der Waals surface area contributed by atoms with E-state index in [0.29, 0.717) is 27.9 Å². The molecule has 0 saturated heterocycles. The van der Waals surface area contributed by atoms with Gasteiger partial charge in [0.25, 0.3) is 11.8 Å². The molecule has 2 heterocycles. The fourth-order valence-corrected chi connectivity index (χ4v) is 5.20. The van der Waals surface area contributed by atoms with E-state index in [2.05, 4.69) is 20.8 Å². The van der Waals surface area contributed by atoms with Gasteiger partial charge in [0.05, 0.1) is 44.9 Å². The Kier molecular flexibility index (Phi) is 7.17. The standard InChI is InChI=1S/C26H26N6O5S/c1-15-8-19(38(35,36)20-9-16(12-28-13-20)26(34)32(2)3)11-21-23(15)29-14-22(25(27)33)24(21)31-30-17-6-5-7-18(10-17)37-4/h5-14,30H,1-4H3,(H2,27,33)(H,29,31). The van der Waals surface area contributed by atoms with Crippen LogP contribution in [0.3, 0.4) is 0 Å². The Morgan fingerprint density at radius 1 is 1.00 bits per heavy atom.